The maximum Gasteiger partial charge on any atom is 0.419 e. The van der Waals surface area contributed by atoms with Gasteiger partial charge in [0.05, 0.1) is 35.0 Å². The fourth-order valence-electron chi connectivity index (χ4n) is 4.60. The summed E-state index contributed by atoms with van der Waals surface area (Å²) in [7, 11) is 0. The van der Waals surface area contributed by atoms with E-state index in [0.29, 0.717) is 5.56 Å². The van der Waals surface area contributed by atoms with Crippen molar-refractivity contribution in [2.45, 2.75) is 49.8 Å². The zero-order chi connectivity index (χ0) is 27.2. The zero-order valence-electron chi connectivity index (χ0n) is 19.5. The number of nitrogens with zero attached hydrogens (tertiary/aromatic N) is 6. The molecule has 3 aromatic rings. The molecular formula is C23H19Cl2F3N6O4. The van der Waals surface area contributed by atoms with E-state index < -0.39 is 59.2 Å². The van der Waals surface area contributed by atoms with Crippen LogP contribution in [0.25, 0.3) is 16.1 Å². The molecule has 0 radical (unpaired) electrons. The molecule has 4 unspecified atom stereocenters. The number of aryl methyl sites for hydroxylation is 1. The van der Waals surface area contributed by atoms with E-state index in [9.17, 15) is 23.8 Å². The number of azide groups is 1. The number of fused-ring (bicyclic) bond motifs is 1. The number of halogens is 5. The Morgan fingerprint density at radius 1 is 1.18 bits per heavy atom. The van der Waals surface area contributed by atoms with E-state index in [-0.39, 0.29) is 23.3 Å². The Hall–Kier alpha value is -2.90. The highest BCUT2D eigenvalue weighted by molar-refractivity contribution is 6.35. The molecular weight excluding hydrogens is 552 g/mol. The number of aliphatic hydroxyl groups is 1. The van der Waals surface area contributed by atoms with Gasteiger partial charge in [0, 0.05) is 15.5 Å². The van der Waals surface area contributed by atoms with E-state index in [0.717, 1.165) is 16.8 Å². The van der Waals surface area contributed by atoms with E-state index in [2.05, 4.69) is 20.1 Å². The highest BCUT2D eigenvalue weighted by atomic mass is 35.5. The number of aliphatic hydroxyl groups excluding tert-OH is 1. The number of hydrogen-bond acceptors (Lipinski definition) is 7. The van der Waals surface area contributed by atoms with Gasteiger partial charge in [-0.2, -0.15) is 18.3 Å². The first kappa shape index (κ1) is 26.7. The summed E-state index contributed by atoms with van der Waals surface area (Å²) < 4.78 is 60.7. The normalized spacial score (nSPS) is 27.4. The largest absolute Gasteiger partial charge is 0.419 e. The Morgan fingerprint density at radius 2 is 1.92 bits per heavy atom. The molecule has 38 heavy (non-hydrogen) atoms. The highest BCUT2D eigenvalue weighted by Gasteiger charge is 2.51. The first-order valence-electron chi connectivity index (χ1n) is 11.3. The van der Waals surface area contributed by atoms with Crippen LogP contribution >= 0.6 is 23.2 Å². The van der Waals surface area contributed by atoms with Gasteiger partial charge in [0.1, 0.15) is 24.1 Å². The van der Waals surface area contributed by atoms with E-state index in [1.165, 1.54) is 6.92 Å². The third-order valence-electron chi connectivity index (χ3n) is 6.17. The van der Waals surface area contributed by atoms with Gasteiger partial charge in [-0.15, -0.1) is 0 Å². The number of aromatic nitrogens is 3. The quantitative estimate of drug-likeness (QED) is 0.251. The SMILES string of the molecule is Cc1nc([C@@H]2OC3COC(c4ccccc4)O[C@@H]3C(N=[N+]=[N-])C2O)n(-c2cc(Cl)cc(Cl)c2C(F)(F)F)n1. The standard InChI is InChI=1S/C23H19Cl2F3N6O4/c1-10-30-21(34(32-10)14-8-12(24)7-13(25)16(14)23(26,27)28)20-18(35)17(31-33-29)19-15(37-20)9-36-22(38-19)11-5-3-2-4-6-11/h2-8,15,17-20,22,35H,9H2,1H3/t15?,17?,18?,19-,20+,22?/m0/s1. The van der Waals surface area contributed by atoms with Gasteiger partial charge in [-0.05, 0) is 24.6 Å². The number of rotatable bonds is 4. The fraction of sp³-hybridized carbons (Fsp3) is 0.391. The van der Waals surface area contributed by atoms with Crippen LogP contribution in [0.3, 0.4) is 0 Å². The molecule has 1 N–H and O–H groups in total. The minimum atomic E-state index is -4.86. The van der Waals surface area contributed by atoms with Crippen LogP contribution in [0.2, 0.25) is 10.0 Å². The smallest absolute Gasteiger partial charge is 0.389 e. The Kier molecular flexibility index (Phi) is 7.27. The topological polar surface area (TPSA) is 127 Å². The predicted octanol–water partition coefficient (Wildman–Crippen LogP) is 5.50. The Bertz CT molecular complexity index is 1390. The van der Waals surface area contributed by atoms with Crippen LogP contribution in [-0.2, 0) is 20.4 Å². The van der Waals surface area contributed by atoms with Crippen LogP contribution in [0, 0.1) is 6.92 Å². The average molecular weight is 571 g/mol. The van der Waals surface area contributed by atoms with Crippen molar-refractivity contribution in [1.29, 1.82) is 0 Å². The molecule has 0 amide bonds. The molecule has 2 aromatic carbocycles. The van der Waals surface area contributed by atoms with E-state index in [1.54, 1.807) is 24.3 Å². The minimum Gasteiger partial charge on any atom is -0.389 e. The van der Waals surface area contributed by atoms with Crippen LogP contribution in [-0.4, -0.2) is 50.8 Å². The van der Waals surface area contributed by atoms with Gasteiger partial charge in [-0.3, -0.25) is 0 Å². The second-order valence-electron chi connectivity index (χ2n) is 8.67. The van der Waals surface area contributed by atoms with Crippen LogP contribution in [0.15, 0.2) is 47.6 Å². The van der Waals surface area contributed by atoms with Crippen LogP contribution < -0.4 is 0 Å². The average Bonchev–Trinajstić information content (AvgIpc) is 3.25. The molecule has 10 nitrogen and oxygen atoms in total. The van der Waals surface area contributed by atoms with Crippen LogP contribution in [0.5, 0.6) is 0 Å². The molecule has 2 aliphatic heterocycles. The van der Waals surface area contributed by atoms with Gasteiger partial charge in [-0.1, -0.05) is 58.6 Å². The van der Waals surface area contributed by atoms with Crippen molar-refractivity contribution in [3.05, 3.63) is 85.7 Å². The Morgan fingerprint density at radius 3 is 2.61 bits per heavy atom. The first-order valence-corrected chi connectivity index (χ1v) is 12.0. The maximum absolute atomic E-state index is 14.0. The number of benzene rings is 2. The lowest BCUT2D eigenvalue weighted by atomic mass is 9.91. The second kappa shape index (κ2) is 10.3. The molecule has 2 fully saturated rings. The zero-order valence-corrected chi connectivity index (χ0v) is 21.0. The van der Waals surface area contributed by atoms with Crippen molar-refractivity contribution in [2.24, 2.45) is 5.11 Å². The van der Waals surface area contributed by atoms with Gasteiger partial charge < -0.3 is 19.3 Å². The molecule has 2 aliphatic rings. The number of ether oxygens (including phenoxy) is 3. The first-order chi connectivity index (χ1) is 18.1. The molecule has 0 bridgehead atoms. The molecule has 5 rings (SSSR count). The summed E-state index contributed by atoms with van der Waals surface area (Å²) in [5.41, 5.74) is 8.22. The number of hydrogen-bond donors (Lipinski definition) is 1. The van der Waals surface area contributed by atoms with Crippen molar-refractivity contribution in [3.63, 3.8) is 0 Å². The van der Waals surface area contributed by atoms with E-state index >= 15 is 0 Å². The minimum absolute atomic E-state index is 0.0190. The van der Waals surface area contributed by atoms with Gasteiger partial charge in [0.15, 0.2) is 12.1 Å². The molecule has 0 spiro atoms. The van der Waals surface area contributed by atoms with Crippen molar-refractivity contribution in [3.8, 4) is 5.69 Å². The van der Waals surface area contributed by atoms with Gasteiger partial charge in [-0.25, -0.2) is 9.67 Å². The maximum atomic E-state index is 14.0. The summed E-state index contributed by atoms with van der Waals surface area (Å²) in [4.78, 5) is 7.08. The predicted molar refractivity (Wildman–Crippen MR) is 128 cm³/mol. The Labute approximate surface area is 223 Å². The van der Waals surface area contributed by atoms with E-state index in [4.69, 9.17) is 37.4 Å². The van der Waals surface area contributed by atoms with Crippen LogP contribution in [0.1, 0.15) is 35.2 Å². The van der Waals surface area contributed by atoms with Crippen molar-refractivity contribution >= 4 is 23.2 Å². The third kappa shape index (κ3) is 4.94. The summed E-state index contributed by atoms with van der Waals surface area (Å²) >= 11 is 12.0. The second-order valence-corrected chi connectivity index (χ2v) is 9.51. The van der Waals surface area contributed by atoms with Gasteiger partial charge in [0.2, 0.25) is 0 Å². The van der Waals surface area contributed by atoms with E-state index in [1.807, 2.05) is 6.07 Å². The number of alkyl halides is 3. The summed E-state index contributed by atoms with van der Waals surface area (Å²) in [5.74, 6) is -0.0941. The lowest BCUT2D eigenvalue weighted by Gasteiger charge is -2.46. The summed E-state index contributed by atoms with van der Waals surface area (Å²) in [5, 5.41) is 18.4. The van der Waals surface area contributed by atoms with Crippen molar-refractivity contribution in [1.82, 2.24) is 14.8 Å². The molecule has 6 atom stereocenters. The lowest BCUT2D eigenvalue weighted by molar-refractivity contribution is -0.309. The monoisotopic (exact) mass is 570 g/mol. The van der Waals surface area contributed by atoms with Gasteiger partial charge in [0.25, 0.3) is 0 Å². The third-order valence-corrected chi connectivity index (χ3v) is 6.69. The summed E-state index contributed by atoms with van der Waals surface area (Å²) in [6.45, 7) is 1.44. The van der Waals surface area contributed by atoms with Crippen molar-refractivity contribution in [2.75, 3.05) is 6.61 Å². The Balaban J connectivity index is 1.55. The molecule has 1 aromatic heterocycles. The van der Waals surface area contributed by atoms with Crippen LogP contribution in [0.4, 0.5) is 13.2 Å². The van der Waals surface area contributed by atoms with Crippen molar-refractivity contribution < 1.29 is 32.5 Å². The van der Waals surface area contributed by atoms with Gasteiger partial charge >= 0.3 is 6.18 Å². The fourth-order valence-corrected chi connectivity index (χ4v) is 5.19. The molecule has 2 saturated heterocycles. The molecule has 15 heteroatoms. The lowest BCUT2D eigenvalue weighted by Crippen LogP contribution is -2.58. The summed E-state index contributed by atoms with van der Waals surface area (Å²) in [6, 6.07) is 9.81. The summed E-state index contributed by atoms with van der Waals surface area (Å²) in [6.07, 6.45) is -10.4. The molecule has 0 aliphatic carbocycles. The molecule has 200 valence electrons. The highest BCUT2D eigenvalue weighted by Crippen LogP contribution is 2.43. The molecule has 3 heterocycles. The molecule has 0 saturated carbocycles.